The first-order valence-corrected chi connectivity index (χ1v) is 29.7. The third kappa shape index (κ3) is 32.7. The highest BCUT2D eigenvalue weighted by molar-refractivity contribution is 9.15. The number of benzene rings is 1. The third-order valence-electron chi connectivity index (χ3n) is 12.6. The summed E-state index contributed by atoms with van der Waals surface area (Å²) >= 11 is 14.2. The summed E-state index contributed by atoms with van der Waals surface area (Å²) in [5.74, 6) is -1.03. The topological polar surface area (TPSA) is 52.6 Å². The van der Waals surface area contributed by atoms with Crippen molar-refractivity contribution in [2.45, 2.75) is 284 Å². The minimum Gasteiger partial charge on any atom is -0.462 e. The molecule has 0 amide bonds. The van der Waals surface area contributed by atoms with Crippen LogP contribution >= 0.6 is 63.7 Å². The Morgan fingerprint density at radius 2 is 0.435 bits per heavy atom. The lowest BCUT2D eigenvalue weighted by Crippen LogP contribution is -2.17. The molecule has 1 aromatic carbocycles. The Hall–Kier alpha value is 0.0800. The lowest BCUT2D eigenvalue weighted by Gasteiger charge is -2.16. The first kappa shape index (κ1) is 60.1. The van der Waals surface area contributed by atoms with Crippen molar-refractivity contribution in [3.63, 3.8) is 0 Å². The van der Waals surface area contributed by atoms with Gasteiger partial charge in [-0.2, -0.15) is 0 Å². The summed E-state index contributed by atoms with van der Waals surface area (Å²) < 4.78 is 13.7. The standard InChI is InChI=1S/C54H94Br4O4/c1-3-5-7-9-11-13-15-17-19-21-23-25-27-29-31-33-35-37-39-41-43-45-61-53(59)47-48(50(56)52(58)51(57)49(47)55)54(60)62-46-44-42-40-38-36-34-32-30-28-26-24-22-20-18-16-14-12-10-8-6-4-2/h3-46H2,1-2H3. The van der Waals surface area contributed by atoms with Crippen LogP contribution in [-0.4, -0.2) is 25.2 Å². The van der Waals surface area contributed by atoms with Gasteiger partial charge < -0.3 is 9.47 Å². The Morgan fingerprint density at radius 1 is 0.274 bits per heavy atom. The molecule has 1 rings (SSSR count). The second-order valence-electron chi connectivity index (χ2n) is 18.4. The van der Waals surface area contributed by atoms with Crippen LogP contribution < -0.4 is 0 Å². The van der Waals surface area contributed by atoms with Crippen LogP contribution in [0.4, 0.5) is 0 Å². The van der Waals surface area contributed by atoms with Gasteiger partial charge in [0.25, 0.3) is 0 Å². The molecule has 62 heavy (non-hydrogen) atoms. The van der Waals surface area contributed by atoms with Gasteiger partial charge in [0.15, 0.2) is 0 Å². The summed E-state index contributed by atoms with van der Waals surface area (Å²) in [5.41, 5.74) is 0.388. The molecule has 0 aliphatic rings. The monoisotopic (exact) mass is 1120 g/mol. The Labute approximate surface area is 417 Å². The SMILES string of the molecule is CCCCCCCCCCCCCCCCCCCCCCCOC(=O)c1c(Br)c(Br)c(Br)c(Br)c1C(=O)OCCCCCCCCCCCCCCCCCCCCCCC. The van der Waals surface area contributed by atoms with E-state index in [0.717, 1.165) is 38.5 Å². The molecule has 1 aromatic rings. The van der Waals surface area contributed by atoms with Gasteiger partial charge in [-0.15, -0.1) is 0 Å². The van der Waals surface area contributed by atoms with Crippen molar-refractivity contribution in [2.75, 3.05) is 13.2 Å². The van der Waals surface area contributed by atoms with Crippen molar-refractivity contribution in [1.82, 2.24) is 0 Å². The van der Waals surface area contributed by atoms with E-state index in [0.29, 0.717) is 31.1 Å². The molecule has 0 aliphatic heterocycles. The predicted molar refractivity (Wildman–Crippen MR) is 283 cm³/mol. The summed E-state index contributed by atoms with van der Waals surface area (Å²) in [4.78, 5) is 26.7. The van der Waals surface area contributed by atoms with Crippen LogP contribution in [-0.2, 0) is 9.47 Å². The van der Waals surface area contributed by atoms with Crippen LogP contribution in [0.15, 0.2) is 17.9 Å². The molecule has 0 atom stereocenters. The van der Waals surface area contributed by atoms with Crippen LogP contribution in [0.25, 0.3) is 0 Å². The zero-order valence-corrected chi connectivity index (χ0v) is 46.6. The van der Waals surface area contributed by atoms with Crippen molar-refractivity contribution in [3.05, 3.63) is 29.0 Å². The van der Waals surface area contributed by atoms with Crippen LogP contribution in [0.5, 0.6) is 0 Å². The average Bonchev–Trinajstić information content (AvgIpc) is 3.27. The Balaban J connectivity index is 2.11. The number of unbranched alkanes of at least 4 members (excludes halogenated alkanes) is 40. The quantitative estimate of drug-likeness (QED) is 0.0283. The molecule has 0 heterocycles. The Kier molecular flexibility index (Phi) is 43.5. The number of carbonyl (C=O) groups is 2. The minimum absolute atomic E-state index is 0.194. The van der Waals surface area contributed by atoms with E-state index >= 15 is 0 Å². The highest BCUT2D eigenvalue weighted by atomic mass is 79.9. The smallest absolute Gasteiger partial charge is 0.340 e. The van der Waals surface area contributed by atoms with E-state index in [9.17, 15) is 9.59 Å². The number of rotatable bonds is 46. The maximum atomic E-state index is 13.4. The Morgan fingerprint density at radius 3 is 0.613 bits per heavy atom. The molecule has 0 aliphatic carbocycles. The molecular weight excluding hydrogens is 1030 g/mol. The van der Waals surface area contributed by atoms with Crippen molar-refractivity contribution >= 4 is 75.7 Å². The lowest BCUT2D eigenvalue weighted by atomic mass is 10.0. The highest BCUT2D eigenvalue weighted by Gasteiger charge is 2.30. The largest absolute Gasteiger partial charge is 0.462 e. The zero-order chi connectivity index (χ0) is 45.1. The molecule has 362 valence electrons. The van der Waals surface area contributed by atoms with Crippen LogP contribution in [0.3, 0.4) is 0 Å². The summed E-state index contributed by atoms with van der Waals surface area (Å²) in [5, 5.41) is 0. The molecule has 0 saturated heterocycles. The van der Waals surface area contributed by atoms with Crippen LogP contribution in [0.1, 0.15) is 304 Å². The number of hydrogen-bond acceptors (Lipinski definition) is 4. The molecule has 0 saturated carbocycles. The summed E-state index contributed by atoms with van der Waals surface area (Å²) in [6.45, 7) is 5.26. The van der Waals surface area contributed by atoms with E-state index < -0.39 is 11.9 Å². The average molecular weight is 1130 g/mol. The molecule has 0 bridgehead atoms. The molecule has 0 N–H and O–H groups in total. The van der Waals surface area contributed by atoms with Gasteiger partial charge in [0.05, 0.1) is 24.3 Å². The summed E-state index contributed by atoms with van der Waals surface area (Å²) in [6, 6.07) is 0. The van der Waals surface area contributed by atoms with Gasteiger partial charge in [-0.3, -0.25) is 0 Å². The third-order valence-corrected chi connectivity index (χ3v) is 17.4. The maximum absolute atomic E-state index is 13.4. The number of hydrogen-bond donors (Lipinski definition) is 0. The predicted octanol–water partition coefficient (Wildman–Crippen LogP) is 21.5. The van der Waals surface area contributed by atoms with E-state index in [-0.39, 0.29) is 11.1 Å². The first-order valence-electron chi connectivity index (χ1n) is 26.6. The van der Waals surface area contributed by atoms with Crippen LogP contribution in [0.2, 0.25) is 0 Å². The fraction of sp³-hybridized carbons (Fsp3) is 0.852. The van der Waals surface area contributed by atoms with Crippen molar-refractivity contribution in [1.29, 1.82) is 0 Å². The fourth-order valence-electron chi connectivity index (χ4n) is 8.56. The van der Waals surface area contributed by atoms with Gasteiger partial charge in [0.2, 0.25) is 0 Å². The van der Waals surface area contributed by atoms with E-state index in [1.165, 1.54) is 231 Å². The van der Waals surface area contributed by atoms with Gasteiger partial charge in [-0.05, 0) is 76.6 Å². The number of ether oxygens (including phenoxy) is 2. The number of esters is 2. The van der Waals surface area contributed by atoms with Crippen LogP contribution in [0, 0.1) is 0 Å². The van der Waals surface area contributed by atoms with Gasteiger partial charge in [0.1, 0.15) is 0 Å². The number of carbonyl (C=O) groups excluding carboxylic acids is 2. The first-order chi connectivity index (χ1) is 30.4. The summed E-state index contributed by atoms with van der Waals surface area (Å²) in [7, 11) is 0. The molecule has 0 radical (unpaired) electrons. The Bertz CT molecular complexity index is 1120. The summed E-state index contributed by atoms with van der Waals surface area (Å²) in [6.07, 6.45) is 56.1. The van der Waals surface area contributed by atoms with Gasteiger partial charge in [-0.25, -0.2) is 9.59 Å². The lowest BCUT2D eigenvalue weighted by molar-refractivity contribution is 0.0448. The van der Waals surface area contributed by atoms with E-state index in [2.05, 4.69) is 77.6 Å². The van der Waals surface area contributed by atoms with Crippen molar-refractivity contribution < 1.29 is 19.1 Å². The van der Waals surface area contributed by atoms with E-state index in [4.69, 9.17) is 9.47 Å². The number of halogens is 4. The van der Waals surface area contributed by atoms with E-state index in [1.54, 1.807) is 0 Å². The molecule has 0 aromatic heterocycles. The normalized spacial score (nSPS) is 11.5. The second-order valence-corrected chi connectivity index (χ2v) is 21.6. The maximum Gasteiger partial charge on any atom is 0.340 e. The zero-order valence-electron chi connectivity index (χ0n) is 40.3. The second kappa shape index (κ2) is 44.9. The van der Waals surface area contributed by atoms with Crippen molar-refractivity contribution in [2.24, 2.45) is 0 Å². The minimum atomic E-state index is -0.514. The molecular formula is C54H94Br4O4. The van der Waals surface area contributed by atoms with Gasteiger partial charge >= 0.3 is 11.9 Å². The molecule has 8 heteroatoms. The van der Waals surface area contributed by atoms with Gasteiger partial charge in [-0.1, -0.05) is 271 Å². The van der Waals surface area contributed by atoms with Gasteiger partial charge in [0, 0.05) is 17.9 Å². The molecule has 0 unspecified atom stereocenters. The fourth-order valence-corrected chi connectivity index (χ4v) is 11.0. The molecule has 0 spiro atoms. The van der Waals surface area contributed by atoms with Crippen molar-refractivity contribution in [3.8, 4) is 0 Å². The highest BCUT2D eigenvalue weighted by Crippen LogP contribution is 2.43. The molecule has 4 nitrogen and oxygen atoms in total. The molecule has 0 fully saturated rings. The van der Waals surface area contributed by atoms with E-state index in [1.807, 2.05) is 0 Å².